The van der Waals surface area contributed by atoms with Gasteiger partial charge in [-0.05, 0) is 66.7 Å². The van der Waals surface area contributed by atoms with Crippen LogP contribution in [0.3, 0.4) is 0 Å². The van der Waals surface area contributed by atoms with Gasteiger partial charge in [-0.1, -0.05) is 0 Å². The molecule has 3 N–H and O–H groups in total. The molecule has 159 valence electrons. The van der Waals surface area contributed by atoms with Crippen LogP contribution >= 0.6 is 0 Å². The molecule has 2 aliphatic heterocycles. The highest BCUT2D eigenvalue weighted by atomic mass is 32.2. The third-order valence-corrected chi connectivity index (χ3v) is 6.16. The zero-order chi connectivity index (χ0) is 21.9. The van der Waals surface area contributed by atoms with Crippen LogP contribution in [0.2, 0.25) is 0 Å². The summed E-state index contributed by atoms with van der Waals surface area (Å²) in [7, 11) is -4.46. The number of nitrogens with zero attached hydrogens (tertiary/aromatic N) is 3. The molecule has 6 rings (SSSR count). The molecule has 33 heavy (non-hydrogen) atoms. The quantitative estimate of drug-likeness (QED) is 0.247. The van der Waals surface area contributed by atoms with E-state index in [0.29, 0.717) is 28.3 Å². The molecule has 0 saturated heterocycles. The summed E-state index contributed by atoms with van der Waals surface area (Å²) < 4.78 is 33.9. The van der Waals surface area contributed by atoms with Gasteiger partial charge in [-0.2, -0.15) is 8.42 Å². The summed E-state index contributed by atoms with van der Waals surface area (Å²) in [5, 5.41) is 0. The highest BCUT2D eigenvalue weighted by molar-refractivity contribution is 7.86. The maximum Gasteiger partial charge on any atom is 0.296 e. The molecule has 6 heterocycles. The minimum Gasteiger partial charge on any atom is -0.355 e. The standard InChI is InChI=1S/C23H15N5O3S.Al/c29-32(30,31)22-11-17-9-15-4-3-13(25-15)8-14-5-6-16(26-14)10-21-23-18(2-1-7-24-23)19(28-21)12-20(22)27-17;/h1-12,26-27H,(H,29,30,31);. The van der Waals surface area contributed by atoms with Crippen molar-refractivity contribution in [2.45, 2.75) is 4.90 Å². The largest absolute Gasteiger partial charge is 0.355 e. The first-order valence-corrected chi connectivity index (χ1v) is 11.2. The predicted molar refractivity (Wildman–Crippen MR) is 128 cm³/mol. The predicted octanol–water partition coefficient (Wildman–Crippen LogP) is 4.08. The smallest absolute Gasteiger partial charge is 0.296 e. The Bertz CT molecular complexity index is 1720. The van der Waals surface area contributed by atoms with Crippen molar-refractivity contribution in [3.63, 3.8) is 0 Å². The number of H-pyrrole nitrogens is 2. The highest BCUT2D eigenvalue weighted by Gasteiger charge is 2.19. The Balaban J connectivity index is 0.00000228. The lowest BCUT2D eigenvalue weighted by Gasteiger charge is -1.96. The molecule has 3 radical (unpaired) electrons. The van der Waals surface area contributed by atoms with E-state index in [0.717, 1.165) is 22.3 Å². The number of fused-ring (bicyclic) bond motifs is 11. The van der Waals surface area contributed by atoms with E-state index in [1.54, 1.807) is 24.4 Å². The van der Waals surface area contributed by atoms with E-state index < -0.39 is 10.1 Å². The summed E-state index contributed by atoms with van der Waals surface area (Å²) in [4.78, 5) is 19.9. The number of hydrogen-bond donors (Lipinski definition) is 3. The molecule has 0 fully saturated rings. The first-order valence-electron chi connectivity index (χ1n) is 9.76. The molecule has 4 aromatic rings. The first kappa shape index (κ1) is 21.3. The molecule has 4 aromatic heterocycles. The minimum atomic E-state index is -4.46. The average Bonchev–Trinajstić information content (AvgIpc) is 3.52. The number of rotatable bonds is 1. The van der Waals surface area contributed by atoms with E-state index in [1.165, 1.54) is 6.07 Å². The zero-order valence-electron chi connectivity index (χ0n) is 17.0. The van der Waals surface area contributed by atoms with Gasteiger partial charge in [-0.3, -0.25) is 9.54 Å². The fourth-order valence-electron chi connectivity index (χ4n) is 3.90. The molecule has 0 atom stereocenters. The van der Waals surface area contributed by atoms with Gasteiger partial charge in [0.2, 0.25) is 0 Å². The Morgan fingerprint density at radius 1 is 0.788 bits per heavy atom. The maximum absolute atomic E-state index is 12.0. The lowest BCUT2D eigenvalue weighted by molar-refractivity contribution is 0.484. The van der Waals surface area contributed by atoms with Gasteiger partial charge in [0, 0.05) is 45.7 Å². The second-order valence-corrected chi connectivity index (χ2v) is 8.89. The van der Waals surface area contributed by atoms with Crippen molar-refractivity contribution in [2.75, 3.05) is 0 Å². The van der Waals surface area contributed by atoms with Crippen LogP contribution in [0.4, 0.5) is 0 Å². The Morgan fingerprint density at radius 2 is 1.52 bits per heavy atom. The number of hydrogen-bond acceptors (Lipinski definition) is 5. The van der Waals surface area contributed by atoms with E-state index in [1.807, 2.05) is 42.5 Å². The molecule has 10 heteroatoms. The van der Waals surface area contributed by atoms with E-state index in [-0.39, 0.29) is 27.8 Å². The lowest BCUT2D eigenvalue weighted by Crippen LogP contribution is -1.96. The van der Waals surface area contributed by atoms with Crippen molar-refractivity contribution < 1.29 is 13.0 Å². The van der Waals surface area contributed by atoms with Crippen molar-refractivity contribution in [1.82, 2.24) is 24.9 Å². The Hall–Kier alpha value is -3.55. The first-order chi connectivity index (χ1) is 15.4. The van der Waals surface area contributed by atoms with Crippen molar-refractivity contribution >= 4 is 61.7 Å². The topological polar surface area (TPSA) is 125 Å². The van der Waals surface area contributed by atoms with Gasteiger partial charge in [0.15, 0.2) is 0 Å². The van der Waals surface area contributed by atoms with Crippen molar-refractivity contribution in [3.05, 3.63) is 72.2 Å². The van der Waals surface area contributed by atoms with Crippen LogP contribution in [-0.4, -0.2) is 55.3 Å². The molecule has 2 aliphatic rings. The molecule has 0 amide bonds. The number of nitrogens with one attached hydrogen (secondary N) is 2. The van der Waals surface area contributed by atoms with Crippen LogP contribution in [0, 0.1) is 0 Å². The van der Waals surface area contributed by atoms with E-state index in [4.69, 9.17) is 4.98 Å². The maximum atomic E-state index is 12.0. The zero-order valence-corrected chi connectivity index (χ0v) is 19.0. The van der Waals surface area contributed by atoms with Gasteiger partial charge in [0.1, 0.15) is 4.90 Å². The summed E-state index contributed by atoms with van der Waals surface area (Å²) in [5.41, 5.74) is 6.50. The van der Waals surface area contributed by atoms with Crippen LogP contribution < -0.4 is 0 Å². The average molecular weight is 468 g/mol. The molecule has 8 bridgehead atoms. The SMILES string of the molecule is O=S(=O)(O)c1cc2cc3nc(cc4ccc(cc5nc(cc1[nH]2)-c1cccnc1-5)[nH]4)C=C3.[Al]. The third-order valence-electron chi connectivity index (χ3n) is 5.27. The Labute approximate surface area is 199 Å². The molecule has 0 aliphatic carbocycles. The van der Waals surface area contributed by atoms with Gasteiger partial charge in [-0.25, -0.2) is 9.97 Å². The molecule has 0 spiro atoms. The summed E-state index contributed by atoms with van der Waals surface area (Å²) in [5.74, 6) is 0. The van der Waals surface area contributed by atoms with Crippen LogP contribution in [0.5, 0.6) is 0 Å². The third kappa shape index (κ3) is 3.90. The Kier molecular flexibility index (Phi) is 5.03. The fraction of sp³-hybridized carbons (Fsp3) is 0. The molecule has 0 aromatic carbocycles. The van der Waals surface area contributed by atoms with Crippen LogP contribution in [0.15, 0.2) is 65.7 Å². The van der Waals surface area contributed by atoms with Crippen LogP contribution in [-0.2, 0) is 10.1 Å². The van der Waals surface area contributed by atoms with Gasteiger partial charge in [-0.15, -0.1) is 0 Å². The molecular weight excluding hydrogens is 453 g/mol. The Morgan fingerprint density at radius 3 is 2.27 bits per heavy atom. The van der Waals surface area contributed by atoms with Crippen LogP contribution in [0.1, 0.15) is 11.4 Å². The number of aromatic amines is 2. The molecule has 0 unspecified atom stereocenters. The minimum absolute atomic E-state index is 0. The van der Waals surface area contributed by atoms with Crippen molar-refractivity contribution in [3.8, 4) is 22.6 Å². The summed E-state index contributed by atoms with van der Waals surface area (Å²) in [6, 6.07) is 16.1. The number of aromatic nitrogens is 5. The van der Waals surface area contributed by atoms with Crippen LogP contribution in [0.25, 0.3) is 56.9 Å². The molecule has 8 nitrogen and oxygen atoms in total. The normalized spacial score (nSPS) is 12.3. The van der Waals surface area contributed by atoms with Gasteiger partial charge < -0.3 is 9.97 Å². The fourth-order valence-corrected chi connectivity index (χ4v) is 4.56. The van der Waals surface area contributed by atoms with E-state index >= 15 is 0 Å². The summed E-state index contributed by atoms with van der Waals surface area (Å²) in [6.07, 6.45) is 5.39. The van der Waals surface area contributed by atoms with Gasteiger partial charge >= 0.3 is 0 Å². The molecule has 0 saturated carbocycles. The van der Waals surface area contributed by atoms with Gasteiger partial charge in [0.05, 0.1) is 34.0 Å². The van der Waals surface area contributed by atoms with E-state index in [2.05, 4.69) is 19.9 Å². The summed E-state index contributed by atoms with van der Waals surface area (Å²) in [6.45, 7) is 0. The summed E-state index contributed by atoms with van der Waals surface area (Å²) >= 11 is 0. The van der Waals surface area contributed by atoms with Crippen molar-refractivity contribution in [2.24, 2.45) is 0 Å². The van der Waals surface area contributed by atoms with Crippen molar-refractivity contribution in [1.29, 1.82) is 0 Å². The molecular formula is C23H15AlN5O3S. The second kappa shape index (κ2) is 7.79. The number of pyridine rings is 1. The highest BCUT2D eigenvalue weighted by Crippen LogP contribution is 2.34. The second-order valence-electron chi connectivity index (χ2n) is 7.50. The monoisotopic (exact) mass is 468 g/mol. The lowest BCUT2D eigenvalue weighted by atomic mass is 10.1. The van der Waals surface area contributed by atoms with Gasteiger partial charge in [0.25, 0.3) is 10.1 Å². The van der Waals surface area contributed by atoms with E-state index in [9.17, 15) is 13.0 Å².